The zero-order valence-electron chi connectivity index (χ0n) is 31.6. The molecule has 0 aromatic carbocycles. The van der Waals surface area contributed by atoms with Crippen LogP contribution in [-0.2, 0) is 19.2 Å². The van der Waals surface area contributed by atoms with Gasteiger partial charge in [-0.15, -0.1) is 0 Å². The van der Waals surface area contributed by atoms with E-state index in [-0.39, 0.29) is 47.7 Å². The molecule has 2 N–H and O–H groups in total. The normalized spacial score (nSPS) is 20.8. The number of rotatable bonds is 17. The molecule has 4 amide bonds. The van der Waals surface area contributed by atoms with E-state index in [1.54, 1.807) is 23.8 Å². The highest BCUT2D eigenvalue weighted by atomic mass is 16.2. The highest BCUT2D eigenvalue weighted by Gasteiger charge is 2.40. The van der Waals surface area contributed by atoms with Gasteiger partial charge in [-0.3, -0.25) is 24.1 Å². The molecule has 47 heavy (non-hydrogen) atoms. The predicted octanol–water partition coefficient (Wildman–Crippen LogP) is 6.07. The van der Waals surface area contributed by atoms with Crippen LogP contribution in [0.5, 0.6) is 0 Å². The van der Waals surface area contributed by atoms with Gasteiger partial charge in [0.25, 0.3) is 0 Å². The first-order valence-corrected chi connectivity index (χ1v) is 18.7. The molecule has 0 spiro atoms. The van der Waals surface area contributed by atoms with Crippen molar-refractivity contribution in [3.05, 3.63) is 11.6 Å². The van der Waals surface area contributed by atoms with Crippen molar-refractivity contribution in [3.63, 3.8) is 0 Å². The molecule has 2 aliphatic heterocycles. The van der Waals surface area contributed by atoms with Gasteiger partial charge in [0.05, 0.1) is 12.1 Å². The third kappa shape index (κ3) is 12.2. The number of carbonyl (C=O) groups is 4. The van der Waals surface area contributed by atoms with Crippen molar-refractivity contribution in [2.24, 2.45) is 11.3 Å². The molecule has 3 unspecified atom stereocenters. The van der Waals surface area contributed by atoms with Crippen molar-refractivity contribution in [2.45, 2.75) is 170 Å². The van der Waals surface area contributed by atoms with Crippen molar-refractivity contribution in [1.82, 2.24) is 25.3 Å². The third-order valence-corrected chi connectivity index (χ3v) is 10.0. The minimum Gasteiger partial charge on any atom is -0.354 e. The number of nitrogens with one attached hydrogen (secondary N) is 2. The lowest BCUT2D eigenvalue weighted by atomic mass is 9.84. The lowest BCUT2D eigenvalue weighted by Gasteiger charge is -2.41. The van der Waals surface area contributed by atoms with Gasteiger partial charge in [0.15, 0.2) is 0 Å². The third-order valence-electron chi connectivity index (χ3n) is 10.0. The Morgan fingerprint density at radius 3 is 2.06 bits per heavy atom. The van der Waals surface area contributed by atoms with E-state index in [2.05, 4.69) is 36.3 Å². The molecule has 0 saturated carbocycles. The lowest BCUT2D eigenvalue weighted by molar-refractivity contribution is -0.142. The molecular weight excluding hydrogens is 590 g/mol. The number of amides is 4. The van der Waals surface area contributed by atoms with E-state index in [9.17, 15) is 19.2 Å². The quantitative estimate of drug-likeness (QED) is 0.146. The van der Waals surface area contributed by atoms with Crippen molar-refractivity contribution in [1.29, 1.82) is 0 Å². The number of piperidine rings is 1. The molecule has 2 saturated heterocycles. The fourth-order valence-corrected chi connectivity index (χ4v) is 7.09. The summed E-state index contributed by atoms with van der Waals surface area (Å²) in [6.45, 7) is 20.3. The maximum atomic E-state index is 14.2. The van der Waals surface area contributed by atoms with Crippen LogP contribution in [0.25, 0.3) is 0 Å². The van der Waals surface area contributed by atoms with E-state index < -0.39 is 17.5 Å². The summed E-state index contributed by atoms with van der Waals surface area (Å²) in [5, 5.41) is 6.22. The second kappa shape index (κ2) is 19.5. The Morgan fingerprint density at radius 2 is 1.47 bits per heavy atom. The fourth-order valence-electron chi connectivity index (χ4n) is 7.09. The SMILES string of the molecule is CCCCCCCCCNC(=O)C1CCCN1C(=O)/C(C)=C/[C@H](C(C)C)N(C)C(=O)C(NC(=O)C1CCCCN1C(C)C)C(C)(C)C. The van der Waals surface area contributed by atoms with Gasteiger partial charge in [-0.2, -0.15) is 0 Å². The molecule has 9 nitrogen and oxygen atoms in total. The first-order valence-electron chi connectivity index (χ1n) is 18.7. The largest absolute Gasteiger partial charge is 0.354 e. The van der Waals surface area contributed by atoms with Gasteiger partial charge in [0.1, 0.15) is 12.1 Å². The van der Waals surface area contributed by atoms with Crippen molar-refractivity contribution >= 4 is 23.6 Å². The Labute approximate surface area is 287 Å². The summed E-state index contributed by atoms with van der Waals surface area (Å²) < 4.78 is 0. The summed E-state index contributed by atoms with van der Waals surface area (Å²) >= 11 is 0. The molecule has 0 aromatic rings. The average Bonchev–Trinajstić information content (AvgIpc) is 3.52. The number of hydrogen-bond acceptors (Lipinski definition) is 5. The summed E-state index contributed by atoms with van der Waals surface area (Å²) in [4.78, 5) is 60.2. The minimum absolute atomic E-state index is 0.0254. The minimum atomic E-state index is -0.718. The van der Waals surface area contributed by atoms with Gasteiger partial charge >= 0.3 is 0 Å². The Balaban J connectivity index is 2.10. The van der Waals surface area contributed by atoms with Crippen LogP contribution in [0.2, 0.25) is 0 Å². The zero-order valence-corrected chi connectivity index (χ0v) is 31.6. The highest BCUT2D eigenvalue weighted by molar-refractivity contribution is 5.97. The summed E-state index contributed by atoms with van der Waals surface area (Å²) in [5.74, 6) is -0.459. The number of likely N-dealkylation sites (N-methyl/N-ethyl adjacent to an activating group) is 1. The average molecular weight is 660 g/mol. The first-order chi connectivity index (χ1) is 22.1. The molecule has 2 aliphatic rings. The van der Waals surface area contributed by atoms with Crippen LogP contribution >= 0.6 is 0 Å². The van der Waals surface area contributed by atoms with Gasteiger partial charge in [0.2, 0.25) is 23.6 Å². The number of likely N-dealkylation sites (tertiary alicyclic amines) is 2. The smallest absolute Gasteiger partial charge is 0.249 e. The number of hydrogen-bond donors (Lipinski definition) is 2. The molecule has 270 valence electrons. The van der Waals surface area contributed by atoms with Crippen molar-refractivity contribution in [3.8, 4) is 0 Å². The van der Waals surface area contributed by atoms with E-state index in [1.165, 1.54) is 32.1 Å². The van der Waals surface area contributed by atoms with Gasteiger partial charge in [-0.1, -0.05) is 92.6 Å². The number of nitrogens with zero attached hydrogens (tertiary/aromatic N) is 3. The first kappa shape index (κ1) is 40.8. The van der Waals surface area contributed by atoms with Gasteiger partial charge in [0, 0.05) is 31.8 Å². The Hall–Kier alpha value is -2.42. The maximum Gasteiger partial charge on any atom is 0.249 e. The molecular formula is C38H69N5O4. The Bertz CT molecular complexity index is 1050. The topological polar surface area (TPSA) is 102 Å². The van der Waals surface area contributed by atoms with E-state index in [4.69, 9.17) is 0 Å². The predicted molar refractivity (Wildman–Crippen MR) is 192 cm³/mol. The molecule has 2 rings (SSSR count). The van der Waals surface area contributed by atoms with Crippen LogP contribution in [0.15, 0.2) is 11.6 Å². The second-order valence-electron chi connectivity index (χ2n) is 15.8. The summed E-state index contributed by atoms with van der Waals surface area (Å²) in [5.41, 5.74) is 0.0147. The molecule has 4 atom stereocenters. The highest BCUT2D eigenvalue weighted by Crippen LogP contribution is 2.27. The Morgan fingerprint density at radius 1 is 0.851 bits per heavy atom. The Kier molecular flexibility index (Phi) is 16.9. The van der Waals surface area contributed by atoms with Crippen molar-refractivity contribution < 1.29 is 19.2 Å². The molecule has 0 bridgehead atoms. The molecule has 0 radical (unpaired) electrons. The summed E-state index contributed by atoms with van der Waals surface area (Å²) in [7, 11) is 1.77. The molecule has 2 fully saturated rings. The molecule has 0 aliphatic carbocycles. The summed E-state index contributed by atoms with van der Waals surface area (Å²) in [6.07, 6.45) is 14.5. The van der Waals surface area contributed by atoms with Crippen LogP contribution in [0.3, 0.4) is 0 Å². The number of unbranched alkanes of at least 4 members (excludes halogenated alkanes) is 6. The maximum absolute atomic E-state index is 14.2. The molecule has 9 heteroatoms. The standard InChI is InChI=1S/C38H69N5O4/c1-11-12-13-14-15-16-18-23-39-34(44)30-22-20-25-43(30)36(46)29(6)26-32(27(2)3)41(10)37(47)33(38(7,8)9)40-35(45)31-21-17-19-24-42(31)28(4)5/h26-28,30-33H,11-25H2,1-10H3,(H,39,44)(H,40,45)/b29-26+/t30?,31?,32-,33?/m1/s1. The summed E-state index contributed by atoms with van der Waals surface area (Å²) in [6, 6.07) is -1.53. The number of carbonyl (C=O) groups excluding carboxylic acids is 4. The van der Waals surface area contributed by atoms with E-state index in [0.29, 0.717) is 25.1 Å². The zero-order chi connectivity index (χ0) is 35.3. The lowest BCUT2D eigenvalue weighted by Crippen LogP contribution is -2.60. The van der Waals surface area contributed by atoms with Gasteiger partial charge in [-0.25, -0.2) is 0 Å². The van der Waals surface area contributed by atoms with Crippen LogP contribution in [0, 0.1) is 11.3 Å². The van der Waals surface area contributed by atoms with Gasteiger partial charge in [-0.05, 0) is 70.8 Å². The molecule has 0 aromatic heterocycles. The van der Waals surface area contributed by atoms with Crippen LogP contribution < -0.4 is 10.6 Å². The van der Waals surface area contributed by atoms with Gasteiger partial charge < -0.3 is 20.4 Å². The monoisotopic (exact) mass is 660 g/mol. The second-order valence-corrected chi connectivity index (χ2v) is 15.8. The van der Waals surface area contributed by atoms with Crippen LogP contribution in [0.1, 0.15) is 139 Å². The van der Waals surface area contributed by atoms with E-state index in [1.807, 2.05) is 40.7 Å². The fraction of sp³-hybridized carbons (Fsp3) is 0.842. The van der Waals surface area contributed by atoms with Crippen LogP contribution in [-0.4, -0.2) is 95.2 Å². The van der Waals surface area contributed by atoms with E-state index in [0.717, 1.165) is 45.1 Å². The molecule has 2 heterocycles. The van der Waals surface area contributed by atoms with Crippen molar-refractivity contribution in [2.75, 3.05) is 26.7 Å². The van der Waals surface area contributed by atoms with E-state index >= 15 is 0 Å². The van der Waals surface area contributed by atoms with Crippen LogP contribution in [0.4, 0.5) is 0 Å².